The zero-order valence-electron chi connectivity index (χ0n) is 18.5. The fourth-order valence-corrected chi connectivity index (χ4v) is 2.51. The molecule has 0 rings (SSSR count). The highest BCUT2D eigenvalue weighted by Crippen LogP contribution is 2.06. The van der Waals surface area contributed by atoms with E-state index < -0.39 is 66.1 Å². The Bertz CT molecular complexity index is 722. The van der Waals surface area contributed by atoms with Crippen LogP contribution in [-0.2, 0) is 24.0 Å². The molecule has 0 aromatic carbocycles. The number of hydrogen-bond donors (Lipinski definition) is 8. The molecule has 182 valence electrons. The number of amides is 4. The molecule has 0 saturated heterocycles. The molecule has 4 amide bonds. The molecule has 0 aliphatic heterocycles. The topological polar surface area (TPSA) is 258 Å². The number of nitrogens with one attached hydrogen (secondary N) is 3. The molecule has 0 radical (unpaired) electrons. The van der Waals surface area contributed by atoms with Crippen molar-refractivity contribution in [3.05, 3.63) is 0 Å². The number of primary amides is 1. The zero-order valence-corrected chi connectivity index (χ0v) is 18.5. The number of hydrogen-bond acceptors (Lipinski definition) is 7. The van der Waals surface area contributed by atoms with Crippen LogP contribution >= 0.6 is 0 Å². The summed E-state index contributed by atoms with van der Waals surface area (Å²) in [5.74, 6) is -4.73. The highest BCUT2D eigenvalue weighted by atomic mass is 16.4. The van der Waals surface area contributed by atoms with E-state index in [4.69, 9.17) is 28.0 Å². The third-order valence-corrected chi connectivity index (χ3v) is 4.31. The summed E-state index contributed by atoms with van der Waals surface area (Å²) in [5.41, 5.74) is 21.2. The monoisotopic (exact) mass is 458 g/mol. The summed E-state index contributed by atoms with van der Waals surface area (Å²) in [6, 6.07) is -4.62. The van der Waals surface area contributed by atoms with Crippen LogP contribution in [0.3, 0.4) is 0 Å². The van der Waals surface area contributed by atoms with Gasteiger partial charge in [-0.15, -0.1) is 0 Å². The first kappa shape index (κ1) is 28.6. The molecular formula is C18H34N8O6. The van der Waals surface area contributed by atoms with Crippen molar-refractivity contribution in [3.8, 4) is 0 Å². The van der Waals surface area contributed by atoms with E-state index in [2.05, 4.69) is 20.9 Å². The maximum atomic E-state index is 12.9. The maximum absolute atomic E-state index is 12.9. The van der Waals surface area contributed by atoms with Crippen LogP contribution in [0.1, 0.15) is 40.0 Å². The van der Waals surface area contributed by atoms with Gasteiger partial charge in [0, 0.05) is 6.54 Å². The standard InChI is InChI=1S/C18H34N8O6/c1-8(2)13(16(30)24-9(3)17(31)32)26-15(29)11(5-4-6-23-18(21)22)25-14(28)10(19)7-12(20)27/h8-11,13H,4-7,19H2,1-3H3,(H2,20,27)(H,24,30)(H,25,28)(H,26,29)(H,31,32)(H4,21,22,23). The number of aliphatic imine (C=N–C) groups is 1. The molecule has 14 heteroatoms. The third kappa shape index (κ3) is 11.1. The molecule has 4 atom stereocenters. The van der Waals surface area contributed by atoms with E-state index in [0.717, 1.165) is 0 Å². The summed E-state index contributed by atoms with van der Waals surface area (Å²) in [4.78, 5) is 63.4. The number of guanidine groups is 1. The normalized spacial score (nSPS) is 14.4. The van der Waals surface area contributed by atoms with Gasteiger partial charge >= 0.3 is 5.97 Å². The minimum atomic E-state index is -1.26. The van der Waals surface area contributed by atoms with Crippen LogP contribution in [0.15, 0.2) is 4.99 Å². The quantitative estimate of drug-likeness (QED) is 0.0726. The molecule has 0 bridgehead atoms. The second kappa shape index (κ2) is 13.8. The molecule has 12 N–H and O–H groups in total. The van der Waals surface area contributed by atoms with Crippen molar-refractivity contribution in [2.24, 2.45) is 33.8 Å². The van der Waals surface area contributed by atoms with Crippen molar-refractivity contribution in [3.63, 3.8) is 0 Å². The minimum absolute atomic E-state index is 0.0929. The number of carbonyl (C=O) groups excluding carboxylic acids is 4. The first-order valence-electron chi connectivity index (χ1n) is 9.99. The molecule has 0 saturated carbocycles. The zero-order chi connectivity index (χ0) is 25.0. The third-order valence-electron chi connectivity index (χ3n) is 4.31. The van der Waals surface area contributed by atoms with Gasteiger partial charge in [0.2, 0.25) is 23.6 Å². The van der Waals surface area contributed by atoms with E-state index in [-0.39, 0.29) is 18.9 Å². The van der Waals surface area contributed by atoms with Gasteiger partial charge in [0.25, 0.3) is 0 Å². The maximum Gasteiger partial charge on any atom is 0.325 e. The first-order valence-corrected chi connectivity index (χ1v) is 9.99. The highest BCUT2D eigenvalue weighted by Gasteiger charge is 2.31. The SMILES string of the molecule is CC(NC(=O)C(NC(=O)C(CCCN=C(N)N)NC(=O)C(N)CC(N)=O)C(C)C)C(=O)O. The molecule has 0 heterocycles. The fraction of sp³-hybridized carbons (Fsp3) is 0.667. The molecule has 14 nitrogen and oxygen atoms in total. The Kier molecular flexibility index (Phi) is 12.3. The van der Waals surface area contributed by atoms with Crippen LogP contribution < -0.4 is 38.9 Å². The number of nitrogens with two attached hydrogens (primary N) is 4. The van der Waals surface area contributed by atoms with E-state index in [1.807, 2.05) is 0 Å². The number of carboxylic acid groups (broad SMARTS) is 1. The predicted molar refractivity (Wildman–Crippen MR) is 116 cm³/mol. The van der Waals surface area contributed by atoms with Gasteiger partial charge < -0.3 is 44.0 Å². The first-order chi connectivity index (χ1) is 14.8. The van der Waals surface area contributed by atoms with Crippen LogP contribution in [0.5, 0.6) is 0 Å². The molecule has 4 unspecified atom stereocenters. The number of carboxylic acids is 1. The number of rotatable bonds is 14. The molecule has 0 aromatic heterocycles. The summed E-state index contributed by atoms with van der Waals surface area (Å²) < 4.78 is 0. The Labute approximate surface area is 185 Å². The summed E-state index contributed by atoms with van der Waals surface area (Å²) in [7, 11) is 0. The Balaban J connectivity index is 5.40. The Morgan fingerprint density at radius 2 is 1.50 bits per heavy atom. The number of nitrogens with zero attached hydrogens (tertiary/aromatic N) is 1. The Morgan fingerprint density at radius 1 is 0.906 bits per heavy atom. The second-order valence-electron chi connectivity index (χ2n) is 7.59. The van der Waals surface area contributed by atoms with Crippen molar-refractivity contribution in [2.75, 3.05) is 6.54 Å². The lowest BCUT2D eigenvalue weighted by Gasteiger charge is -2.26. The van der Waals surface area contributed by atoms with Gasteiger partial charge in [-0.1, -0.05) is 13.8 Å². The van der Waals surface area contributed by atoms with E-state index >= 15 is 0 Å². The predicted octanol–water partition coefficient (Wildman–Crippen LogP) is -3.54. The van der Waals surface area contributed by atoms with Crippen molar-refractivity contribution < 1.29 is 29.1 Å². The van der Waals surface area contributed by atoms with E-state index in [1.54, 1.807) is 13.8 Å². The van der Waals surface area contributed by atoms with Gasteiger partial charge in [-0.2, -0.15) is 0 Å². The highest BCUT2D eigenvalue weighted by molar-refractivity contribution is 5.95. The van der Waals surface area contributed by atoms with E-state index in [9.17, 15) is 24.0 Å². The van der Waals surface area contributed by atoms with Crippen LogP contribution in [0.2, 0.25) is 0 Å². The second-order valence-corrected chi connectivity index (χ2v) is 7.59. The average Bonchev–Trinajstić information content (AvgIpc) is 2.66. The van der Waals surface area contributed by atoms with Crippen molar-refractivity contribution in [1.82, 2.24) is 16.0 Å². The van der Waals surface area contributed by atoms with Crippen LogP contribution in [0.4, 0.5) is 0 Å². The fourth-order valence-electron chi connectivity index (χ4n) is 2.51. The minimum Gasteiger partial charge on any atom is -0.480 e. The largest absolute Gasteiger partial charge is 0.480 e. The molecule has 32 heavy (non-hydrogen) atoms. The Hall–Kier alpha value is -3.42. The van der Waals surface area contributed by atoms with Gasteiger partial charge in [0.1, 0.15) is 18.1 Å². The summed E-state index contributed by atoms with van der Waals surface area (Å²) in [6.07, 6.45) is -0.0240. The van der Waals surface area contributed by atoms with Crippen LogP contribution in [0.25, 0.3) is 0 Å². The molecule has 0 aromatic rings. The smallest absolute Gasteiger partial charge is 0.325 e. The van der Waals surface area contributed by atoms with E-state index in [1.165, 1.54) is 6.92 Å². The van der Waals surface area contributed by atoms with Crippen molar-refractivity contribution in [2.45, 2.75) is 64.2 Å². The van der Waals surface area contributed by atoms with Crippen molar-refractivity contribution >= 4 is 35.6 Å². The molecule has 0 fully saturated rings. The lowest BCUT2D eigenvalue weighted by molar-refractivity contribution is -0.142. The van der Waals surface area contributed by atoms with Gasteiger partial charge in [0.15, 0.2) is 5.96 Å². The lowest BCUT2D eigenvalue weighted by atomic mass is 10.0. The summed E-state index contributed by atoms with van der Waals surface area (Å²) in [6.45, 7) is 4.78. The molecule has 0 spiro atoms. The number of carbonyl (C=O) groups is 5. The lowest BCUT2D eigenvalue weighted by Crippen LogP contribution is -2.58. The Morgan fingerprint density at radius 3 is 1.97 bits per heavy atom. The van der Waals surface area contributed by atoms with Gasteiger partial charge in [-0.05, 0) is 25.7 Å². The summed E-state index contributed by atoms with van der Waals surface area (Å²) >= 11 is 0. The van der Waals surface area contributed by atoms with Gasteiger partial charge in [-0.3, -0.25) is 29.0 Å². The van der Waals surface area contributed by atoms with Crippen molar-refractivity contribution in [1.29, 1.82) is 0 Å². The van der Waals surface area contributed by atoms with Crippen LogP contribution in [-0.4, -0.2) is 71.4 Å². The van der Waals surface area contributed by atoms with Gasteiger partial charge in [0.05, 0.1) is 12.5 Å². The molecule has 0 aliphatic rings. The number of aliphatic carboxylic acids is 1. The molecule has 0 aliphatic carbocycles. The van der Waals surface area contributed by atoms with E-state index in [0.29, 0.717) is 6.42 Å². The van der Waals surface area contributed by atoms with Crippen LogP contribution in [0, 0.1) is 5.92 Å². The average molecular weight is 459 g/mol. The summed E-state index contributed by atoms with van der Waals surface area (Å²) in [5, 5.41) is 16.2. The van der Waals surface area contributed by atoms with Gasteiger partial charge in [-0.25, -0.2) is 0 Å². The molecular weight excluding hydrogens is 424 g/mol.